The van der Waals surface area contributed by atoms with Crippen LogP contribution in [-0.4, -0.2) is 36.5 Å². The van der Waals surface area contributed by atoms with Crippen LogP contribution in [-0.2, 0) is 14.3 Å². The predicted octanol–water partition coefficient (Wildman–Crippen LogP) is 15.5. The molecule has 0 fully saturated rings. The van der Waals surface area contributed by atoms with Gasteiger partial charge in [-0.1, -0.05) is 172 Å². The van der Waals surface area contributed by atoms with E-state index in [2.05, 4.69) is 74.4 Å². The molecule has 0 aromatic carbocycles. The second-order valence-corrected chi connectivity index (χ2v) is 15.5. The van der Waals surface area contributed by atoms with Crippen molar-refractivity contribution in [2.75, 3.05) is 13.7 Å². The predicted molar refractivity (Wildman–Crippen MR) is 233 cm³/mol. The molecule has 0 aliphatic heterocycles. The number of nitrogens with zero attached hydrogens (tertiary/aromatic N) is 1. The van der Waals surface area contributed by atoms with Crippen LogP contribution in [0.3, 0.4) is 0 Å². The maximum atomic E-state index is 13.2. The highest BCUT2D eigenvalue weighted by atomic mass is 16.5. The highest BCUT2D eigenvalue weighted by molar-refractivity contribution is 5.76. The second kappa shape index (κ2) is 42.6. The van der Waals surface area contributed by atoms with Crippen molar-refractivity contribution in [3.05, 3.63) is 48.6 Å². The molecule has 0 aromatic heterocycles. The maximum absolute atomic E-state index is 13.2. The molecule has 4 nitrogen and oxygen atoms in total. The molecule has 1 amide bonds. The number of amides is 1. The molecule has 0 aliphatic carbocycles. The lowest BCUT2D eigenvalue weighted by molar-refractivity contribution is -0.143. The van der Waals surface area contributed by atoms with Gasteiger partial charge in [-0.15, -0.1) is 0 Å². The van der Waals surface area contributed by atoms with E-state index in [1.54, 1.807) is 0 Å². The first-order chi connectivity index (χ1) is 26.1. The van der Waals surface area contributed by atoms with Gasteiger partial charge in [0.15, 0.2) is 0 Å². The van der Waals surface area contributed by atoms with Gasteiger partial charge in [0.2, 0.25) is 5.91 Å². The van der Waals surface area contributed by atoms with Crippen molar-refractivity contribution in [1.29, 1.82) is 0 Å². The number of ether oxygens (including phenoxy) is 1. The Morgan fingerprint density at radius 3 is 1.23 bits per heavy atom. The summed E-state index contributed by atoms with van der Waals surface area (Å²) in [6, 6.07) is 0.378. The van der Waals surface area contributed by atoms with E-state index in [0.717, 1.165) is 57.8 Å². The summed E-state index contributed by atoms with van der Waals surface area (Å²) in [5.74, 6) is 0.233. The van der Waals surface area contributed by atoms with E-state index >= 15 is 0 Å². The third-order valence-electron chi connectivity index (χ3n) is 10.5. The zero-order chi connectivity index (χ0) is 38.7. The van der Waals surface area contributed by atoms with Crippen molar-refractivity contribution in [3.8, 4) is 0 Å². The Morgan fingerprint density at radius 1 is 0.453 bits per heavy atom. The molecule has 308 valence electrons. The van der Waals surface area contributed by atoms with Crippen molar-refractivity contribution in [1.82, 2.24) is 4.90 Å². The smallest absolute Gasteiger partial charge is 0.305 e. The summed E-state index contributed by atoms with van der Waals surface area (Å²) < 4.78 is 5.02. The van der Waals surface area contributed by atoms with Crippen LogP contribution in [0, 0.1) is 0 Å². The zero-order valence-corrected chi connectivity index (χ0v) is 35.9. The third kappa shape index (κ3) is 38.0. The van der Waals surface area contributed by atoms with Gasteiger partial charge in [0.25, 0.3) is 0 Å². The van der Waals surface area contributed by atoms with Gasteiger partial charge < -0.3 is 9.64 Å². The summed E-state index contributed by atoms with van der Waals surface area (Å²) >= 11 is 0. The Labute approximate surface area is 331 Å². The van der Waals surface area contributed by atoms with Gasteiger partial charge in [-0.05, 0) is 96.8 Å². The van der Waals surface area contributed by atoms with Gasteiger partial charge in [-0.2, -0.15) is 0 Å². The molecule has 0 atom stereocenters. The summed E-state index contributed by atoms with van der Waals surface area (Å²) in [4.78, 5) is 26.9. The molecule has 0 saturated heterocycles. The van der Waals surface area contributed by atoms with E-state index in [1.807, 2.05) is 6.92 Å². The van der Waals surface area contributed by atoms with Gasteiger partial charge in [-0.3, -0.25) is 9.59 Å². The number of hydrogen-bond acceptors (Lipinski definition) is 3. The molecule has 0 aliphatic rings. The minimum absolute atomic E-state index is 0.0880. The fourth-order valence-electron chi connectivity index (χ4n) is 6.96. The molecule has 0 spiro atoms. The molecule has 0 unspecified atom stereocenters. The number of unbranched alkanes of at least 4 members (excludes halogenated alkanes) is 22. The maximum Gasteiger partial charge on any atom is 0.305 e. The topological polar surface area (TPSA) is 46.6 Å². The number of rotatable bonds is 40. The van der Waals surface area contributed by atoms with Crippen molar-refractivity contribution in [2.45, 2.75) is 239 Å². The lowest BCUT2D eigenvalue weighted by atomic mass is 9.98. The Bertz CT molecular complexity index is 855. The van der Waals surface area contributed by atoms with Crippen molar-refractivity contribution in [2.24, 2.45) is 0 Å². The van der Waals surface area contributed by atoms with Gasteiger partial charge in [0.1, 0.15) is 0 Å². The van der Waals surface area contributed by atoms with E-state index in [9.17, 15) is 9.59 Å². The first kappa shape index (κ1) is 50.9. The van der Waals surface area contributed by atoms with Crippen molar-refractivity contribution in [3.63, 3.8) is 0 Å². The van der Waals surface area contributed by atoms with Gasteiger partial charge in [-0.25, -0.2) is 0 Å². The molecule has 0 aromatic rings. The second-order valence-electron chi connectivity index (χ2n) is 15.5. The summed E-state index contributed by atoms with van der Waals surface area (Å²) in [5.41, 5.74) is 0. The average Bonchev–Trinajstić information content (AvgIpc) is 3.16. The Morgan fingerprint density at radius 2 is 0.811 bits per heavy atom. The summed E-state index contributed by atoms with van der Waals surface area (Å²) in [6.07, 6.45) is 57.8. The fourth-order valence-corrected chi connectivity index (χ4v) is 6.96. The van der Waals surface area contributed by atoms with Gasteiger partial charge >= 0.3 is 5.97 Å². The van der Waals surface area contributed by atoms with Gasteiger partial charge in [0, 0.05) is 25.9 Å². The van der Waals surface area contributed by atoms with Crippen LogP contribution in [0.1, 0.15) is 233 Å². The summed E-state index contributed by atoms with van der Waals surface area (Å²) in [6.45, 7) is 6.84. The molecular formula is C49H89NO3. The van der Waals surface area contributed by atoms with E-state index in [-0.39, 0.29) is 5.97 Å². The van der Waals surface area contributed by atoms with Crippen molar-refractivity contribution < 1.29 is 14.3 Å². The molecular weight excluding hydrogens is 651 g/mol. The summed E-state index contributed by atoms with van der Waals surface area (Å²) in [5, 5.41) is 0. The monoisotopic (exact) mass is 740 g/mol. The SMILES string of the molecule is CCCCC/C=C\C/C=C\CCCCCCCCC(CCCCCCCC/C=C\C/C=C\CCCCC)N(C)C(=O)CCCCCCCC(=O)OCC. The highest BCUT2D eigenvalue weighted by Gasteiger charge is 2.19. The lowest BCUT2D eigenvalue weighted by Gasteiger charge is -2.29. The molecule has 0 radical (unpaired) electrons. The zero-order valence-electron chi connectivity index (χ0n) is 35.9. The van der Waals surface area contributed by atoms with E-state index in [1.165, 1.54) is 141 Å². The van der Waals surface area contributed by atoms with E-state index in [0.29, 0.717) is 31.4 Å². The van der Waals surface area contributed by atoms with Crippen LogP contribution in [0.15, 0.2) is 48.6 Å². The van der Waals surface area contributed by atoms with Crippen LogP contribution in [0.2, 0.25) is 0 Å². The minimum Gasteiger partial charge on any atom is -0.466 e. The molecule has 53 heavy (non-hydrogen) atoms. The number of esters is 1. The average molecular weight is 740 g/mol. The lowest BCUT2D eigenvalue weighted by Crippen LogP contribution is -2.37. The normalized spacial score (nSPS) is 12.1. The van der Waals surface area contributed by atoms with Gasteiger partial charge in [0.05, 0.1) is 6.61 Å². The molecule has 0 bridgehead atoms. The van der Waals surface area contributed by atoms with Crippen LogP contribution in [0.25, 0.3) is 0 Å². The molecule has 0 rings (SSSR count). The number of carbonyl (C=O) groups excluding carboxylic acids is 2. The van der Waals surface area contributed by atoms with Crippen LogP contribution in [0.4, 0.5) is 0 Å². The molecule has 0 saturated carbocycles. The quantitative estimate of drug-likeness (QED) is 0.0357. The largest absolute Gasteiger partial charge is 0.466 e. The van der Waals surface area contributed by atoms with Crippen molar-refractivity contribution >= 4 is 11.9 Å². The number of hydrogen-bond donors (Lipinski definition) is 0. The molecule has 4 heteroatoms. The first-order valence-electron chi connectivity index (χ1n) is 23.1. The highest BCUT2D eigenvalue weighted by Crippen LogP contribution is 2.20. The molecule has 0 N–H and O–H groups in total. The third-order valence-corrected chi connectivity index (χ3v) is 10.5. The van der Waals surface area contributed by atoms with Crippen LogP contribution >= 0.6 is 0 Å². The Balaban J connectivity index is 4.35. The number of allylic oxidation sites excluding steroid dienone is 8. The Hall–Kier alpha value is -2.10. The number of carbonyl (C=O) groups is 2. The van der Waals surface area contributed by atoms with Crippen LogP contribution < -0.4 is 0 Å². The van der Waals surface area contributed by atoms with E-state index in [4.69, 9.17) is 4.74 Å². The standard InChI is InChI=1S/C49H89NO3/c1-5-8-10-12-14-16-18-20-22-24-26-28-30-32-35-39-43-47(50(4)48(51)45-41-37-34-38-42-46-49(52)53-7-3)44-40-36-33-31-29-27-25-23-21-19-17-15-13-11-9-6-2/h14-17,20-23,47H,5-13,18-19,24-46H2,1-4H3/b16-14-,17-15-,22-20-,23-21-. The summed E-state index contributed by atoms with van der Waals surface area (Å²) in [7, 11) is 2.07. The minimum atomic E-state index is -0.0880. The Kier molecular flexibility index (Phi) is 40.9. The first-order valence-corrected chi connectivity index (χ1v) is 23.1. The fraction of sp³-hybridized carbons (Fsp3) is 0.796. The van der Waals surface area contributed by atoms with Crippen LogP contribution in [0.5, 0.6) is 0 Å². The van der Waals surface area contributed by atoms with E-state index < -0.39 is 0 Å². The molecule has 0 heterocycles.